The molecule has 12 heavy (non-hydrogen) atoms. The summed E-state index contributed by atoms with van der Waals surface area (Å²) in [5.41, 5.74) is 0. The Hall–Kier alpha value is -0.860. The molecule has 0 amide bonds. The Balaban J connectivity index is 3.21. The van der Waals surface area contributed by atoms with Crippen LogP contribution in [0.25, 0.3) is 0 Å². The van der Waals surface area contributed by atoms with E-state index in [4.69, 9.17) is 16.9 Å². The van der Waals surface area contributed by atoms with Gasteiger partial charge in [-0.1, -0.05) is 11.6 Å². The Labute approximate surface area is 77.6 Å². The molecule has 0 aliphatic carbocycles. The minimum Gasteiger partial charge on any atom is -0.220 e. The average molecular weight is 204 g/mol. The second-order valence-electron chi connectivity index (χ2n) is 1.87. The van der Waals surface area contributed by atoms with Crippen LogP contribution in [0.4, 0.5) is 4.39 Å². The van der Waals surface area contributed by atoms with E-state index in [1.165, 1.54) is 6.92 Å². The topological polar surface area (TPSA) is 49.6 Å². The van der Waals surface area contributed by atoms with E-state index in [-0.39, 0.29) is 15.9 Å². The van der Waals surface area contributed by atoms with Gasteiger partial charge in [0.15, 0.2) is 0 Å². The first-order valence-corrected chi connectivity index (χ1v) is 4.10. The highest BCUT2D eigenvalue weighted by molar-refractivity contribution is 8.03. The SMILES string of the molecule is Cc1nc(F)c(SC#N)c(Cl)n1. The van der Waals surface area contributed by atoms with Gasteiger partial charge in [0.1, 0.15) is 21.3 Å². The van der Waals surface area contributed by atoms with E-state index in [9.17, 15) is 4.39 Å². The van der Waals surface area contributed by atoms with Gasteiger partial charge in [-0.05, 0) is 18.7 Å². The fraction of sp³-hybridized carbons (Fsp3) is 0.167. The zero-order valence-corrected chi connectivity index (χ0v) is 7.58. The van der Waals surface area contributed by atoms with Crippen molar-refractivity contribution in [3.63, 3.8) is 0 Å². The molecule has 1 rings (SSSR count). The molecule has 1 heterocycles. The summed E-state index contributed by atoms with van der Waals surface area (Å²) in [5.74, 6) is -0.501. The van der Waals surface area contributed by atoms with Gasteiger partial charge in [-0.2, -0.15) is 9.65 Å². The van der Waals surface area contributed by atoms with Gasteiger partial charge in [0.05, 0.1) is 0 Å². The second-order valence-corrected chi connectivity index (χ2v) is 3.03. The summed E-state index contributed by atoms with van der Waals surface area (Å²) in [6.07, 6.45) is 0. The Morgan fingerprint density at radius 2 is 2.25 bits per heavy atom. The van der Waals surface area contributed by atoms with E-state index in [1.54, 1.807) is 5.40 Å². The van der Waals surface area contributed by atoms with Crippen molar-refractivity contribution < 1.29 is 4.39 Å². The molecule has 0 aliphatic heterocycles. The number of aryl methyl sites for hydroxylation is 1. The predicted octanol–water partition coefficient (Wildman–Crippen LogP) is 2.15. The number of thioether (sulfide) groups is 1. The zero-order chi connectivity index (χ0) is 9.14. The first-order chi connectivity index (χ1) is 5.65. The smallest absolute Gasteiger partial charge is 0.220 e. The summed E-state index contributed by atoms with van der Waals surface area (Å²) >= 11 is 6.16. The lowest BCUT2D eigenvalue weighted by Gasteiger charge is -1.99. The molecule has 0 aromatic carbocycles. The largest absolute Gasteiger partial charge is 0.232 e. The highest BCUT2D eigenvalue weighted by Gasteiger charge is 2.11. The van der Waals surface area contributed by atoms with Crippen LogP contribution < -0.4 is 0 Å². The van der Waals surface area contributed by atoms with Gasteiger partial charge in [-0.25, -0.2) is 9.97 Å². The third kappa shape index (κ3) is 1.84. The fourth-order valence-electron chi connectivity index (χ4n) is 0.626. The van der Waals surface area contributed by atoms with Crippen molar-refractivity contribution in [3.8, 4) is 5.40 Å². The van der Waals surface area contributed by atoms with Gasteiger partial charge in [-0.15, -0.1) is 0 Å². The van der Waals surface area contributed by atoms with Crippen LogP contribution in [0.15, 0.2) is 4.90 Å². The van der Waals surface area contributed by atoms with E-state index >= 15 is 0 Å². The van der Waals surface area contributed by atoms with Crippen LogP contribution in [0.2, 0.25) is 5.15 Å². The van der Waals surface area contributed by atoms with Crippen LogP contribution in [0.5, 0.6) is 0 Å². The van der Waals surface area contributed by atoms with Crippen molar-refractivity contribution in [2.45, 2.75) is 11.8 Å². The Morgan fingerprint density at radius 1 is 1.58 bits per heavy atom. The van der Waals surface area contributed by atoms with E-state index in [0.717, 1.165) is 0 Å². The fourth-order valence-corrected chi connectivity index (χ4v) is 1.29. The first kappa shape index (κ1) is 9.23. The van der Waals surface area contributed by atoms with Crippen molar-refractivity contribution in [2.24, 2.45) is 0 Å². The van der Waals surface area contributed by atoms with Crippen LogP contribution in [0, 0.1) is 23.5 Å². The maximum Gasteiger partial charge on any atom is 0.232 e. The van der Waals surface area contributed by atoms with Crippen molar-refractivity contribution in [1.29, 1.82) is 5.26 Å². The summed E-state index contributed by atoms with van der Waals surface area (Å²) in [7, 11) is 0. The molecule has 0 saturated heterocycles. The number of thiocyanates is 1. The number of hydrogen-bond donors (Lipinski definition) is 0. The quantitative estimate of drug-likeness (QED) is 0.399. The number of halogens is 2. The molecule has 6 heteroatoms. The summed E-state index contributed by atoms with van der Waals surface area (Å²) in [6.45, 7) is 1.52. The highest BCUT2D eigenvalue weighted by Crippen LogP contribution is 2.26. The number of hydrogen-bond acceptors (Lipinski definition) is 4. The molecule has 1 aromatic heterocycles. The highest BCUT2D eigenvalue weighted by atomic mass is 35.5. The third-order valence-electron chi connectivity index (χ3n) is 1.04. The molecule has 0 unspecified atom stereocenters. The molecule has 1 aromatic rings. The first-order valence-electron chi connectivity index (χ1n) is 2.90. The molecule has 0 bridgehead atoms. The molecular weight excluding hydrogens is 201 g/mol. The lowest BCUT2D eigenvalue weighted by Crippen LogP contribution is -1.95. The molecule has 3 nitrogen and oxygen atoms in total. The van der Waals surface area contributed by atoms with Gasteiger partial charge in [0.2, 0.25) is 5.95 Å². The Morgan fingerprint density at radius 3 is 2.75 bits per heavy atom. The van der Waals surface area contributed by atoms with Crippen LogP contribution in [-0.2, 0) is 0 Å². The average Bonchev–Trinajstić information content (AvgIpc) is 1.96. The molecular formula is C6H3ClFN3S. The van der Waals surface area contributed by atoms with E-state index < -0.39 is 5.95 Å². The number of nitriles is 1. The van der Waals surface area contributed by atoms with Gasteiger partial charge in [-0.3, -0.25) is 0 Å². The molecule has 0 N–H and O–H groups in total. The molecule has 0 aliphatic rings. The minimum absolute atomic E-state index is 0.0217. The Bertz CT molecular complexity index is 326. The van der Waals surface area contributed by atoms with Crippen LogP contribution in [-0.4, -0.2) is 9.97 Å². The summed E-state index contributed by atoms with van der Waals surface area (Å²) in [4.78, 5) is 7.09. The van der Waals surface area contributed by atoms with Crippen molar-refractivity contribution in [1.82, 2.24) is 9.97 Å². The van der Waals surface area contributed by atoms with E-state index in [0.29, 0.717) is 11.8 Å². The van der Waals surface area contributed by atoms with Crippen molar-refractivity contribution >= 4 is 23.4 Å². The molecule has 0 atom stereocenters. The molecule has 62 valence electrons. The summed E-state index contributed by atoms with van der Waals surface area (Å²) < 4.78 is 12.9. The van der Waals surface area contributed by atoms with E-state index in [2.05, 4.69) is 9.97 Å². The van der Waals surface area contributed by atoms with Gasteiger partial charge < -0.3 is 0 Å². The van der Waals surface area contributed by atoms with Crippen molar-refractivity contribution in [3.05, 3.63) is 16.9 Å². The molecule has 0 fully saturated rings. The van der Waals surface area contributed by atoms with Gasteiger partial charge in [0.25, 0.3) is 0 Å². The summed E-state index contributed by atoms with van der Waals surface area (Å²) in [6, 6.07) is 0. The predicted molar refractivity (Wildman–Crippen MR) is 43.2 cm³/mol. The maximum absolute atomic E-state index is 12.9. The monoisotopic (exact) mass is 203 g/mol. The van der Waals surface area contributed by atoms with Crippen molar-refractivity contribution in [2.75, 3.05) is 0 Å². The van der Waals surface area contributed by atoms with Crippen LogP contribution in [0.3, 0.4) is 0 Å². The standard InChI is InChI=1S/C6H3ClFN3S/c1-3-10-5(7)4(12-2-9)6(8)11-3/h1H3. The molecule has 0 spiro atoms. The van der Waals surface area contributed by atoms with Crippen LogP contribution in [0.1, 0.15) is 5.82 Å². The van der Waals surface area contributed by atoms with Gasteiger partial charge >= 0.3 is 0 Å². The number of aromatic nitrogens is 2. The normalized spacial score (nSPS) is 9.50. The third-order valence-corrected chi connectivity index (χ3v) is 2.09. The van der Waals surface area contributed by atoms with E-state index in [1.807, 2.05) is 0 Å². The minimum atomic E-state index is -0.751. The lowest BCUT2D eigenvalue weighted by molar-refractivity contribution is 0.547. The van der Waals surface area contributed by atoms with Gasteiger partial charge in [0, 0.05) is 0 Å². The summed E-state index contributed by atoms with van der Waals surface area (Å²) in [5, 5.41) is 9.95. The van der Waals surface area contributed by atoms with Crippen LogP contribution >= 0.6 is 23.4 Å². The number of nitrogens with zero attached hydrogens (tertiary/aromatic N) is 3. The zero-order valence-electron chi connectivity index (χ0n) is 6.01. The molecule has 0 saturated carbocycles. The second kappa shape index (κ2) is 3.70. The Kier molecular flexibility index (Phi) is 2.84. The lowest BCUT2D eigenvalue weighted by atomic mass is 10.6. The number of rotatable bonds is 1. The molecule has 0 radical (unpaired) electrons. The maximum atomic E-state index is 12.9.